The lowest BCUT2D eigenvalue weighted by Crippen LogP contribution is -2.62. The van der Waals surface area contributed by atoms with Gasteiger partial charge in [0.25, 0.3) is 0 Å². The highest BCUT2D eigenvalue weighted by Gasteiger charge is 2.88. The monoisotopic (exact) mass is 798 g/mol. The molecule has 0 N–H and O–H groups in total. The van der Waals surface area contributed by atoms with Crippen molar-refractivity contribution in [3.05, 3.63) is 107 Å². The Hall–Kier alpha value is -4.56. The van der Waals surface area contributed by atoms with Crippen LogP contribution in [0.15, 0.2) is 106 Å². The predicted octanol–water partition coefficient (Wildman–Crippen LogP) is 9.17. The minimum Gasteiger partial charge on any atom is -0.378 e. The highest BCUT2D eigenvalue weighted by atomic mass is 32.2. The molecule has 6 nitrogen and oxygen atoms in total. The number of alkyl halides is 6. The molecule has 0 aromatic heterocycles. The van der Waals surface area contributed by atoms with Crippen LogP contribution in [0.1, 0.15) is 37.8 Å². The number of fused-ring (bicyclic) bond motifs is 8. The van der Waals surface area contributed by atoms with Gasteiger partial charge in [-0.05, 0) is 93.8 Å². The first kappa shape index (κ1) is 37.4. The minimum absolute atomic E-state index is 0.304. The summed E-state index contributed by atoms with van der Waals surface area (Å²) in [5, 5.41) is 0. The van der Waals surface area contributed by atoms with E-state index in [1.807, 2.05) is 38.0 Å². The molecule has 2 atom stereocenters. The summed E-state index contributed by atoms with van der Waals surface area (Å²) in [4.78, 5) is 2.48. The summed E-state index contributed by atoms with van der Waals surface area (Å²) in [5.41, 5.74) is -3.42. The number of sulfone groups is 2. The van der Waals surface area contributed by atoms with Crippen LogP contribution in [0.2, 0.25) is 0 Å². The van der Waals surface area contributed by atoms with E-state index in [2.05, 4.69) is 0 Å². The van der Waals surface area contributed by atoms with E-state index in [0.717, 1.165) is 23.5 Å². The molecule has 4 aromatic rings. The third-order valence-corrected chi connectivity index (χ3v) is 17.5. The lowest BCUT2D eigenvalue weighted by Gasteiger charge is -2.49. The van der Waals surface area contributed by atoms with Gasteiger partial charge >= 0.3 is 17.8 Å². The van der Waals surface area contributed by atoms with Crippen LogP contribution in [-0.4, -0.2) is 72.3 Å². The van der Waals surface area contributed by atoms with Gasteiger partial charge in [0.15, 0.2) is 19.7 Å². The standard InChI is InChI=1S/C41H36F6N2O4S2/c1-7-37-33(29-19-13-25(21-31(29)54(37,50)51)23-9-15-27(16-10-23)48(3)4)35-36(40(44,45)41(46,47)39(35,42)43)34-30-20-14-26(24-11-17-28(18-12-24)49(5)6)22-32(30)55(52,53)38(34,37)8-2/h9-22H,7-8H2,1-6H3. The zero-order valence-electron chi connectivity index (χ0n) is 30.6. The predicted molar refractivity (Wildman–Crippen MR) is 202 cm³/mol. The number of halogens is 6. The Balaban J connectivity index is 1.49. The minimum atomic E-state index is -6.03. The SMILES string of the molecule is CCC12C(=C3C(=C4c5ccc(-c6ccc(N(C)C)cc6)cc5S(=O)(=O)C41CC)C(F)(F)C(F)(F)C3(F)F)c1ccc(-c3ccc(N(C)C)cc3)cc1S2(=O)=O. The Morgan fingerprint density at radius 2 is 0.782 bits per heavy atom. The van der Waals surface area contributed by atoms with Gasteiger partial charge in [-0.2, -0.15) is 26.3 Å². The molecule has 4 aromatic carbocycles. The first-order valence-corrected chi connectivity index (χ1v) is 20.6. The van der Waals surface area contributed by atoms with E-state index >= 15 is 43.2 Å². The zero-order chi connectivity index (χ0) is 40.1. The molecule has 0 spiro atoms. The Morgan fingerprint density at radius 1 is 0.473 bits per heavy atom. The molecule has 0 saturated heterocycles. The smallest absolute Gasteiger partial charge is 0.378 e. The van der Waals surface area contributed by atoms with Crippen molar-refractivity contribution in [3.63, 3.8) is 0 Å². The lowest BCUT2D eigenvalue weighted by atomic mass is 9.65. The molecule has 1 fully saturated rings. The average molecular weight is 799 g/mol. The quantitative estimate of drug-likeness (QED) is 0.181. The summed E-state index contributed by atoms with van der Waals surface area (Å²) >= 11 is 0. The fourth-order valence-corrected chi connectivity index (χ4v) is 15.4. The van der Waals surface area contributed by atoms with Crippen molar-refractivity contribution in [2.24, 2.45) is 0 Å². The highest BCUT2D eigenvalue weighted by molar-refractivity contribution is 7.98. The van der Waals surface area contributed by atoms with Crippen molar-refractivity contribution >= 4 is 42.2 Å². The van der Waals surface area contributed by atoms with E-state index in [1.165, 1.54) is 38.1 Å². The summed E-state index contributed by atoms with van der Waals surface area (Å²) in [6.07, 6.45) is -1.42. The molecular weight excluding hydrogens is 763 g/mol. The zero-order valence-corrected chi connectivity index (χ0v) is 32.2. The average Bonchev–Trinajstić information content (AvgIpc) is 3.52. The highest BCUT2D eigenvalue weighted by Crippen LogP contribution is 2.77. The van der Waals surface area contributed by atoms with Crippen molar-refractivity contribution in [1.82, 2.24) is 0 Å². The summed E-state index contributed by atoms with van der Waals surface area (Å²) in [5.74, 6) is -17.2. The van der Waals surface area contributed by atoms with Gasteiger partial charge in [0.05, 0.1) is 9.79 Å². The molecule has 2 aliphatic carbocycles. The molecule has 4 aliphatic rings. The van der Waals surface area contributed by atoms with E-state index in [1.54, 1.807) is 48.5 Å². The van der Waals surface area contributed by atoms with Crippen molar-refractivity contribution in [1.29, 1.82) is 0 Å². The van der Waals surface area contributed by atoms with E-state index < -0.39 is 103 Å². The van der Waals surface area contributed by atoms with Crippen molar-refractivity contribution in [2.45, 2.75) is 63.7 Å². The second-order valence-electron chi connectivity index (χ2n) is 14.9. The Labute approximate surface area is 315 Å². The first-order chi connectivity index (χ1) is 25.6. The Bertz CT molecular complexity index is 2450. The summed E-state index contributed by atoms with van der Waals surface area (Å²) in [7, 11) is -2.97. The topological polar surface area (TPSA) is 74.8 Å². The van der Waals surface area contributed by atoms with Gasteiger partial charge in [-0.1, -0.05) is 62.4 Å². The molecule has 0 amide bonds. The van der Waals surface area contributed by atoms with Crippen molar-refractivity contribution in [3.8, 4) is 22.3 Å². The largest absolute Gasteiger partial charge is 0.380 e. The molecule has 288 valence electrons. The number of nitrogens with zero attached hydrogens (tertiary/aromatic N) is 2. The third kappa shape index (κ3) is 4.11. The van der Waals surface area contributed by atoms with Crippen LogP contribution in [0.25, 0.3) is 33.4 Å². The number of allylic oxidation sites excluding steroid dienone is 2. The van der Waals surface area contributed by atoms with E-state index in [-0.39, 0.29) is 0 Å². The van der Waals surface area contributed by atoms with Gasteiger partial charge in [0.1, 0.15) is 9.49 Å². The molecule has 2 heterocycles. The summed E-state index contributed by atoms with van der Waals surface area (Å²) in [6, 6.07) is 21.3. The van der Waals surface area contributed by atoms with E-state index in [9.17, 15) is 0 Å². The number of anilines is 2. The maximum Gasteiger partial charge on any atom is 0.380 e. The van der Waals surface area contributed by atoms with E-state index in [0.29, 0.717) is 22.3 Å². The number of hydrogen-bond donors (Lipinski definition) is 0. The second-order valence-corrected chi connectivity index (χ2v) is 19.2. The molecule has 55 heavy (non-hydrogen) atoms. The van der Waals surface area contributed by atoms with Gasteiger partial charge < -0.3 is 9.80 Å². The first-order valence-electron chi connectivity index (χ1n) is 17.6. The molecular formula is C41H36F6N2O4S2. The van der Waals surface area contributed by atoms with Crippen LogP contribution in [0.3, 0.4) is 0 Å². The maximum atomic E-state index is 16.4. The third-order valence-electron chi connectivity index (χ3n) is 12.1. The van der Waals surface area contributed by atoms with Crippen LogP contribution < -0.4 is 9.80 Å². The van der Waals surface area contributed by atoms with E-state index in [4.69, 9.17) is 0 Å². The maximum absolute atomic E-state index is 16.4. The summed E-state index contributed by atoms with van der Waals surface area (Å²) in [6.45, 7) is 2.54. The molecule has 2 unspecified atom stereocenters. The Kier molecular flexibility index (Phi) is 7.66. The fourth-order valence-electron chi connectivity index (χ4n) is 9.45. The molecule has 8 rings (SSSR count). The van der Waals surface area contributed by atoms with Gasteiger partial charge in [-0.3, -0.25) is 0 Å². The van der Waals surface area contributed by atoms with Crippen LogP contribution in [-0.2, 0) is 19.7 Å². The molecule has 0 radical (unpaired) electrons. The Morgan fingerprint density at radius 3 is 1.07 bits per heavy atom. The number of rotatable bonds is 6. The van der Waals surface area contributed by atoms with Crippen LogP contribution in [0.4, 0.5) is 37.7 Å². The number of benzene rings is 4. The second kappa shape index (κ2) is 11.3. The molecule has 1 saturated carbocycles. The molecule has 2 aliphatic heterocycles. The van der Waals surface area contributed by atoms with Gasteiger partial charge in [0, 0.05) is 50.7 Å². The van der Waals surface area contributed by atoms with Gasteiger partial charge in [-0.15, -0.1) is 0 Å². The molecule has 0 bridgehead atoms. The van der Waals surface area contributed by atoms with Crippen LogP contribution in [0.5, 0.6) is 0 Å². The lowest BCUT2D eigenvalue weighted by molar-refractivity contribution is -0.257. The van der Waals surface area contributed by atoms with Crippen LogP contribution >= 0.6 is 0 Å². The normalized spacial score (nSPS) is 25.5. The van der Waals surface area contributed by atoms with Gasteiger partial charge in [0.2, 0.25) is 0 Å². The van der Waals surface area contributed by atoms with Crippen molar-refractivity contribution in [2.75, 3.05) is 38.0 Å². The molecule has 14 heteroatoms. The van der Waals surface area contributed by atoms with Crippen LogP contribution in [0, 0.1) is 0 Å². The summed E-state index contributed by atoms with van der Waals surface area (Å²) < 4.78 is 153. The fraction of sp³-hybridized carbons (Fsp3) is 0.317. The number of hydrogen-bond acceptors (Lipinski definition) is 6. The van der Waals surface area contributed by atoms with Gasteiger partial charge in [-0.25, -0.2) is 16.8 Å². The van der Waals surface area contributed by atoms with Crippen molar-refractivity contribution < 1.29 is 43.2 Å².